The van der Waals surface area contributed by atoms with Gasteiger partial charge in [-0.15, -0.1) is 0 Å². The predicted molar refractivity (Wildman–Crippen MR) is 31.6 cm³/mol. The van der Waals surface area contributed by atoms with Gasteiger partial charge in [-0.3, -0.25) is 0 Å². The first kappa shape index (κ1) is 10.3. The van der Waals surface area contributed by atoms with Crippen molar-refractivity contribution in [3.63, 3.8) is 0 Å². The lowest BCUT2D eigenvalue weighted by molar-refractivity contribution is 0.251. The van der Waals surface area contributed by atoms with Crippen LogP contribution in [0.2, 0.25) is 0 Å². The third-order valence-corrected chi connectivity index (χ3v) is 0.246. The Kier molecular flexibility index (Phi) is 12.2. The van der Waals surface area contributed by atoms with Gasteiger partial charge in [0.15, 0.2) is 0 Å². The molecule has 50 valence electrons. The minimum Gasteiger partial charge on any atom is -0.388 e. The van der Waals surface area contributed by atoms with E-state index in [1.54, 1.807) is 14.2 Å². The molecule has 0 radical (unpaired) electrons. The summed E-state index contributed by atoms with van der Waals surface area (Å²) in [4.78, 5) is 9.48. The number of hydrogen-bond acceptors (Lipinski definition) is 2. The summed E-state index contributed by atoms with van der Waals surface area (Å²) in [6, 6.07) is -0.495. The van der Waals surface area contributed by atoms with E-state index in [9.17, 15) is 4.79 Å². The van der Waals surface area contributed by atoms with Gasteiger partial charge in [0.25, 0.3) is 0 Å². The summed E-state index contributed by atoms with van der Waals surface area (Å²) in [6.07, 6.45) is 0. The number of amides is 2. The second-order valence-corrected chi connectivity index (χ2v) is 1.02. The summed E-state index contributed by atoms with van der Waals surface area (Å²) in [5.41, 5.74) is 4.54. The third-order valence-electron chi connectivity index (χ3n) is 0.246. The van der Waals surface area contributed by atoms with Gasteiger partial charge in [0.1, 0.15) is 0 Å². The molecule has 0 aromatic carbocycles. The van der Waals surface area contributed by atoms with Crippen LogP contribution in [-0.2, 0) is 4.74 Å². The van der Waals surface area contributed by atoms with E-state index in [0.717, 1.165) is 0 Å². The minimum absolute atomic E-state index is 0.495. The summed E-state index contributed by atoms with van der Waals surface area (Å²) in [7, 11) is 4.72. The zero-order valence-corrected chi connectivity index (χ0v) is 5.39. The first-order chi connectivity index (χ1) is 3.68. The highest BCUT2D eigenvalue weighted by Crippen LogP contribution is 1.38. The highest BCUT2D eigenvalue weighted by molar-refractivity contribution is 5.71. The van der Waals surface area contributed by atoms with Crippen LogP contribution >= 0.6 is 0 Å². The molecular weight excluding hydrogens is 108 g/mol. The molecular formula is C4H12N2O2. The van der Waals surface area contributed by atoms with Gasteiger partial charge >= 0.3 is 6.03 Å². The van der Waals surface area contributed by atoms with Crippen molar-refractivity contribution in [2.24, 2.45) is 5.73 Å². The summed E-state index contributed by atoms with van der Waals surface area (Å²) in [5, 5.41) is 2.17. The molecule has 0 aromatic rings. The normalized spacial score (nSPS) is 6.38. The SMILES string of the molecule is CNC(N)=O.COC. The van der Waals surface area contributed by atoms with Crippen molar-refractivity contribution in [2.45, 2.75) is 0 Å². The van der Waals surface area contributed by atoms with E-state index < -0.39 is 6.03 Å². The predicted octanol–water partition coefficient (Wildman–Crippen LogP) is -0.453. The van der Waals surface area contributed by atoms with Crippen LogP contribution in [0.1, 0.15) is 0 Å². The van der Waals surface area contributed by atoms with E-state index in [1.165, 1.54) is 7.05 Å². The number of nitrogens with two attached hydrogens (primary N) is 1. The molecule has 2 amide bonds. The van der Waals surface area contributed by atoms with Crippen LogP contribution in [0.15, 0.2) is 0 Å². The highest BCUT2D eigenvalue weighted by atomic mass is 16.4. The highest BCUT2D eigenvalue weighted by Gasteiger charge is 1.72. The lowest BCUT2D eigenvalue weighted by Gasteiger charge is -1.80. The van der Waals surface area contributed by atoms with Crippen molar-refractivity contribution in [1.29, 1.82) is 0 Å². The average molecular weight is 120 g/mol. The van der Waals surface area contributed by atoms with Crippen LogP contribution in [0.5, 0.6) is 0 Å². The minimum atomic E-state index is -0.495. The molecule has 0 saturated carbocycles. The fourth-order valence-electron chi connectivity index (χ4n) is 0. The van der Waals surface area contributed by atoms with Crippen molar-refractivity contribution in [2.75, 3.05) is 21.3 Å². The lowest BCUT2D eigenvalue weighted by atomic mass is 11.1. The number of methoxy groups -OCH3 is 1. The average Bonchev–Trinajstić information content (AvgIpc) is 1.69. The molecule has 0 aliphatic heterocycles. The molecule has 0 unspecified atom stereocenters. The van der Waals surface area contributed by atoms with Gasteiger partial charge in [-0.2, -0.15) is 0 Å². The number of carbonyl (C=O) groups excluding carboxylic acids is 1. The molecule has 3 N–H and O–H groups in total. The van der Waals surface area contributed by atoms with Gasteiger partial charge in [0, 0.05) is 21.3 Å². The fourth-order valence-corrected chi connectivity index (χ4v) is 0. The first-order valence-electron chi connectivity index (χ1n) is 2.06. The van der Waals surface area contributed by atoms with Crippen LogP contribution in [0.3, 0.4) is 0 Å². The Labute approximate surface area is 49.0 Å². The Morgan fingerprint density at radius 3 is 1.75 bits per heavy atom. The Morgan fingerprint density at radius 1 is 1.62 bits per heavy atom. The number of rotatable bonds is 0. The van der Waals surface area contributed by atoms with E-state index >= 15 is 0 Å². The number of ether oxygens (including phenoxy) is 1. The molecule has 4 heteroatoms. The van der Waals surface area contributed by atoms with E-state index in [1.807, 2.05) is 0 Å². The van der Waals surface area contributed by atoms with E-state index in [0.29, 0.717) is 0 Å². The molecule has 0 fully saturated rings. The smallest absolute Gasteiger partial charge is 0.311 e. The second kappa shape index (κ2) is 9.52. The monoisotopic (exact) mass is 120 g/mol. The maximum Gasteiger partial charge on any atom is 0.311 e. The largest absolute Gasteiger partial charge is 0.388 e. The molecule has 0 aliphatic rings. The van der Waals surface area contributed by atoms with Crippen LogP contribution in [0.4, 0.5) is 4.79 Å². The Hall–Kier alpha value is -0.770. The topological polar surface area (TPSA) is 64.3 Å². The summed E-state index contributed by atoms with van der Waals surface area (Å²) in [5.74, 6) is 0. The first-order valence-corrected chi connectivity index (χ1v) is 2.06. The maximum atomic E-state index is 9.48. The van der Waals surface area contributed by atoms with Crippen LogP contribution in [0, 0.1) is 0 Å². The summed E-state index contributed by atoms with van der Waals surface area (Å²) >= 11 is 0. The molecule has 0 atom stereocenters. The second-order valence-electron chi connectivity index (χ2n) is 1.02. The molecule has 0 bridgehead atoms. The standard InChI is InChI=1S/C2H6N2O.C2H6O/c1-4-2(3)5;1-3-2/h1H3,(H3,3,4,5);1-2H3. The molecule has 0 aliphatic carbocycles. The molecule has 0 aromatic heterocycles. The van der Waals surface area contributed by atoms with E-state index in [4.69, 9.17) is 0 Å². The van der Waals surface area contributed by atoms with Crippen LogP contribution in [-0.4, -0.2) is 27.3 Å². The van der Waals surface area contributed by atoms with Crippen molar-refractivity contribution >= 4 is 6.03 Å². The third kappa shape index (κ3) is 61.9. The number of nitrogens with one attached hydrogen (secondary N) is 1. The summed E-state index contributed by atoms with van der Waals surface area (Å²) < 4.78 is 4.25. The van der Waals surface area contributed by atoms with Crippen molar-refractivity contribution in [1.82, 2.24) is 5.32 Å². The van der Waals surface area contributed by atoms with Crippen molar-refractivity contribution < 1.29 is 9.53 Å². The van der Waals surface area contributed by atoms with Gasteiger partial charge < -0.3 is 15.8 Å². The number of hydrogen-bond donors (Lipinski definition) is 2. The quantitative estimate of drug-likeness (QED) is 0.454. The fraction of sp³-hybridized carbons (Fsp3) is 0.750. The molecule has 8 heavy (non-hydrogen) atoms. The van der Waals surface area contributed by atoms with E-state index in [-0.39, 0.29) is 0 Å². The van der Waals surface area contributed by atoms with Gasteiger partial charge in [-0.1, -0.05) is 0 Å². The Bertz CT molecular complexity index is 56.0. The number of urea groups is 1. The van der Waals surface area contributed by atoms with Gasteiger partial charge in [0.05, 0.1) is 0 Å². The molecule has 0 heterocycles. The van der Waals surface area contributed by atoms with Crippen molar-refractivity contribution in [3.8, 4) is 0 Å². The maximum absolute atomic E-state index is 9.48. The van der Waals surface area contributed by atoms with Gasteiger partial charge in [0.2, 0.25) is 0 Å². The molecule has 0 saturated heterocycles. The lowest BCUT2D eigenvalue weighted by Crippen LogP contribution is -2.24. The van der Waals surface area contributed by atoms with Gasteiger partial charge in [-0.05, 0) is 0 Å². The van der Waals surface area contributed by atoms with E-state index in [2.05, 4.69) is 15.8 Å². The zero-order valence-electron chi connectivity index (χ0n) is 5.39. The van der Waals surface area contributed by atoms with Crippen LogP contribution < -0.4 is 11.1 Å². The van der Waals surface area contributed by atoms with Crippen molar-refractivity contribution in [3.05, 3.63) is 0 Å². The molecule has 0 rings (SSSR count). The molecule has 4 nitrogen and oxygen atoms in total. The van der Waals surface area contributed by atoms with Gasteiger partial charge in [-0.25, -0.2) is 4.79 Å². The number of carbonyl (C=O) groups is 1. The molecule has 0 spiro atoms. The zero-order chi connectivity index (χ0) is 6.99. The Balaban J connectivity index is 0. The van der Waals surface area contributed by atoms with Crippen LogP contribution in [0.25, 0.3) is 0 Å². The Morgan fingerprint density at radius 2 is 1.75 bits per heavy atom. The number of primary amides is 1. The summed E-state index contributed by atoms with van der Waals surface area (Å²) in [6.45, 7) is 0.